The second kappa shape index (κ2) is 4.60. The van der Waals surface area contributed by atoms with Crippen molar-refractivity contribution in [3.05, 3.63) is 39.5 Å². The minimum atomic E-state index is -0.355. The van der Waals surface area contributed by atoms with Gasteiger partial charge in [-0.05, 0) is 18.2 Å². The van der Waals surface area contributed by atoms with Crippen molar-refractivity contribution in [1.29, 1.82) is 0 Å². The number of methoxy groups -OCH3 is 1. The Morgan fingerprint density at radius 3 is 2.94 bits per heavy atom. The van der Waals surface area contributed by atoms with Gasteiger partial charge in [-0.3, -0.25) is 0 Å². The number of nitrogens with two attached hydrogens (primary N) is 1. The maximum Gasteiger partial charge on any atom is 0.347 e. The van der Waals surface area contributed by atoms with E-state index in [4.69, 9.17) is 22.1 Å². The minimum Gasteiger partial charge on any atom is -0.495 e. The summed E-state index contributed by atoms with van der Waals surface area (Å²) in [5, 5.41) is 6.56. The standard InChI is InChI=1S/C10H11ClN4O2/c1-17-8-3-2-6(4-7(8)11)15-9(5-12)13-14-10(15)16/h2-4H,5,12H2,1H3,(H,14,16). The number of aromatic amines is 1. The van der Waals surface area contributed by atoms with Crippen LogP contribution in [0, 0.1) is 0 Å². The van der Waals surface area contributed by atoms with E-state index in [1.807, 2.05) is 0 Å². The summed E-state index contributed by atoms with van der Waals surface area (Å²) in [6, 6.07) is 5.01. The summed E-state index contributed by atoms with van der Waals surface area (Å²) in [6.07, 6.45) is 0. The first-order chi connectivity index (χ1) is 8.17. The SMILES string of the molecule is COc1ccc(-n2c(CN)n[nH]c2=O)cc1Cl. The van der Waals surface area contributed by atoms with Gasteiger partial charge in [-0.25, -0.2) is 14.5 Å². The Labute approximate surface area is 102 Å². The van der Waals surface area contributed by atoms with Gasteiger partial charge < -0.3 is 10.5 Å². The number of rotatable bonds is 3. The highest BCUT2D eigenvalue weighted by Gasteiger charge is 2.10. The summed E-state index contributed by atoms with van der Waals surface area (Å²) in [7, 11) is 1.52. The van der Waals surface area contributed by atoms with Gasteiger partial charge in [0.2, 0.25) is 0 Å². The van der Waals surface area contributed by atoms with E-state index in [1.165, 1.54) is 11.7 Å². The predicted octanol–water partition coefficient (Wildman–Crippen LogP) is 0.681. The van der Waals surface area contributed by atoms with Crippen LogP contribution < -0.4 is 16.2 Å². The molecule has 90 valence electrons. The second-order valence-electron chi connectivity index (χ2n) is 3.30. The van der Waals surface area contributed by atoms with Crippen molar-refractivity contribution in [2.24, 2.45) is 5.73 Å². The molecule has 2 aromatic rings. The van der Waals surface area contributed by atoms with Crippen molar-refractivity contribution in [3.63, 3.8) is 0 Å². The molecule has 0 radical (unpaired) electrons. The Bertz CT molecular complexity index is 590. The number of hydrogen-bond donors (Lipinski definition) is 2. The largest absolute Gasteiger partial charge is 0.495 e. The van der Waals surface area contributed by atoms with Crippen molar-refractivity contribution in [2.75, 3.05) is 7.11 Å². The molecule has 7 heteroatoms. The summed E-state index contributed by atoms with van der Waals surface area (Å²) >= 11 is 5.99. The van der Waals surface area contributed by atoms with Crippen LogP contribution in [0.5, 0.6) is 5.75 Å². The zero-order valence-corrected chi connectivity index (χ0v) is 9.86. The molecule has 0 spiro atoms. The van der Waals surface area contributed by atoms with Gasteiger partial charge >= 0.3 is 5.69 Å². The minimum absolute atomic E-state index is 0.155. The summed E-state index contributed by atoms with van der Waals surface area (Å²) in [4.78, 5) is 11.6. The van der Waals surface area contributed by atoms with Crippen LogP contribution in [0.3, 0.4) is 0 Å². The molecule has 0 unspecified atom stereocenters. The van der Waals surface area contributed by atoms with E-state index in [-0.39, 0.29) is 12.2 Å². The number of nitrogens with zero attached hydrogens (tertiary/aromatic N) is 2. The number of H-pyrrole nitrogens is 1. The Balaban J connectivity index is 2.57. The van der Waals surface area contributed by atoms with E-state index in [0.29, 0.717) is 22.3 Å². The highest BCUT2D eigenvalue weighted by Crippen LogP contribution is 2.26. The third-order valence-corrected chi connectivity index (χ3v) is 2.61. The molecule has 0 saturated heterocycles. The van der Waals surface area contributed by atoms with E-state index in [9.17, 15) is 4.79 Å². The Hall–Kier alpha value is -1.79. The molecule has 0 fully saturated rings. The molecule has 6 nitrogen and oxygen atoms in total. The lowest BCUT2D eigenvalue weighted by atomic mass is 10.3. The normalized spacial score (nSPS) is 10.5. The van der Waals surface area contributed by atoms with E-state index in [2.05, 4.69) is 10.2 Å². The maximum atomic E-state index is 11.6. The Morgan fingerprint density at radius 2 is 2.35 bits per heavy atom. The molecule has 17 heavy (non-hydrogen) atoms. The molecular weight excluding hydrogens is 244 g/mol. The first-order valence-corrected chi connectivity index (χ1v) is 5.25. The van der Waals surface area contributed by atoms with Crippen LogP contribution in [-0.4, -0.2) is 21.9 Å². The molecule has 0 amide bonds. The number of benzene rings is 1. The van der Waals surface area contributed by atoms with E-state index in [0.717, 1.165) is 0 Å². The van der Waals surface area contributed by atoms with Crippen LogP contribution in [-0.2, 0) is 6.54 Å². The van der Waals surface area contributed by atoms with Gasteiger partial charge in [0, 0.05) is 0 Å². The second-order valence-corrected chi connectivity index (χ2v) is 3.71. The van der Waals surface area contributed by atoms with Crippen LogP contribution >= 0.6 is 11.6 Å². The number of nitrogens with one attached hydrogen (secondary N) is 1. The average molecular weight is 255 g/mol. The van der Waals surface area contributed by atoms with Crippen molar-refractivity contribution >= 4 is 11.6 Å². The fourth-order valence-corrected chi connectivity index (χ4v) is 1.78. The van der Waals surface area contributed by atoms with E-state index >= 15 is 0 Å². The summed E-state index contributed by atoms with van der Waals surface area (Å²) in [5.41, 5.74) is 5.73. The molecule has 0 aliphatic carbocycles. The van der Waals surface area contributed by atoms with E-state index in [1.54, 1.807) is 18.2 Å². The fraction of sp³-hybridized carbons (Fsp3) is 0.200. The van der Waals surface area contributed by atoms with Crippen molar-refractivity contribution in [2.45, 2.75) is 6.54 Å². The molecule has 3 N–H and O–H groups in total. The number of hydrogen-bond acceptors (Lipinski definition) is 4. The molecule has 1 heterocycles. The van der Waals surface area contributed by atoms with Crippen molar-refractivity contribution in [3.8, 4) is 11.4 Å². The number of aromatic nitrogens is 3. The topological polar surface area (TPSA) is 85.9 Å². The van der Waals surface area contributed by atoms with Crippen LogP contribution in [0.2, 0.25) is 5.02 Å². The zero-order chi connectivity index (χ0) is 12.4. The molecule has 0 atom stereocenters. The third-order valence-electron chi connectivity index (χ3n) is 2.32. The predicted molar refractivity (Wildman–Crippen MR) is 63.6 cm³/mol. The lowest BCUT2D eigenvalue weighted by molar-refractivity contribution is 0.415. The van der Waals surface area contributed by atoms with Gasteiger partial charge in [0.15, 0.2) is 5.82 Å². The third kappa shape index (κ3) is 2.04. The quantitative estimate of drug-likeness (QED) is 0.843. The number of ether oxygens (including phenoxy) is 1. The summed E-state index contributed by atoms with van der Waals surface area (Å²) in [5.74, 6) is 0.984. The van der Waals surface area contributed by atoms with Crippen LogP contribution in [0.15, 0.2) is 23.0 Å². The van der Waals surface area contributed by atoms with Crippen molar-refractivity contribution in [1.82, 2.24) is 14.8 Å². The summed E-state index contributed by atoms with van der Waals surface area (Å²) in [6.45, 7) is 0.155. The Morgan fingerprint density at radius 1 is 1.59 bits per heavy atom. The molecule has 0 aliphatic heterocycles. The molecule has 0 bridgehead atoms. The van der Waals surface area contributed by atoms with Gasteiger partial charge in [-0.2, -0.15) is 5.10 Å². The smallest absolute Gasteiger partial charge is 0.347 e. The van der Waals surface area contributed by atoms with Crippen LogP contribution in [0.25, 0.3) is 5.69 Å². The Kier molecular flexibility index (Phi) is 3.16. The zero-order valence-electron chi connectivity index (χ0n) is 9.11. The van der Waals surface area contributed by atoms with Crippen LogP contribution in [0.4, 0.5) is 0 Å². The van der Waals surface area contributed by atoms with E-state index < -0.39 is 0 Å². The van der Waals surface area contributed by atoms with Gasteiger partial charge in [0.1, 0.15) is 5.75 Å². The maximum absolute atomic E-state index is 11.6. The molecule has 1 aromatic heterocycles. The number of halogens is 1. The molecular formula is C10H11ClN4O2. The molecule has 0 aliphatic rings. The molecule has 2 rings (SSSR count). The summed E-state index contributed by atoms with van der Waals surface area (Å²) < 4.78 is 6.40. The molecule has 0 saturated carbocycles. The lowest BCUT2D eigenvalue weighted by Crippen LogP contribution is -2.18. The van der Waals surface area contributed by atoms with Gasteiger partial charge in [-0.15, -0.1) is 0 Å². The highest BCUT2D eigenvalue weighted by atomic mass is 35.5. The molecule has 1 aromatic carbocycles. The van der Waals surface area contributed by atoms with Crippen molar-refractivity contribution < 1.29 is 4.74 Å². The van der Waals surface area contributed by atoms with Gasteiger partial charge in [0.05, 0.1) is 24.4 Å². The monoisotopic (exact) mass is 254 g/mol. The lowest BCUT2D eigenvalue weighted by Gasteiger charge is -2.07. The van der Waals surface area contributed by atoms with Crippen LogP contribution in [0.1, 0.15) is 5.82 Å². The fourth-order valence-electron chi connectivity index (χ4n) is 1.53. The van der Waals surface area contributed by atoms with Gasteiger partial charge in [-0.1, -0.05) is 11.6 Å². The van der Waals surface area contributed by atoms with Gasteiger partial charge in [0.25, 0.3) is 0 Å². The average Bonchev–Trinajstić information content (AvgIpc) is 2.70. The first-order valence-electron chi connectivity index (χ1n) is 4.87. The highest BCUT2D eigenvalue weighted by molar-refractivity contribution is 6.32. The first kappa shape index (κ1) is 11.7.